The van der Waals surface area contributed by atoms with Crippen molar-refractivity contribution >= 4 is 5.97 Å². The van der Waals surface area contributed by atoms with E-state index in [1.54, 1.807) is 13.2 Å². The van der Waals surface area contributed by atoms with Crippen LogP contribution in [0.3, 0.4) is 0 Å². The molecule has 4 nitrogen and oxygen atoms in total. The summed E-state index contributed by atoms with van der Waals surface area (Å²) in [5.74, 6) is -1.28. The first-order chi connectivity index (χ1) is 9.60. The lowest BCUT2D eigenvalue weighted by Gasteiger charge is -2.31. The highest BCUT2D eigenvalue weighted by molar-refractivity contribution is 5.87. The van der Waals surface area contributed by atoms with E-state index in [1.807, 2.05) is 0 Å². The molecule has 0 radical (unpaired) electrons. The lowest BCUT2D eigenvalue weighted by molar-refractivity contribution is 0.0692. The number of rotatable bonds is 5. The number of nitrogens with zero attached hydrogens (tertiary/aromatic N) is 1. The number of methoxy groups -OCH3 is 1. The summed E-state index contributed by atoms with van der Waals surface area (Å²) in [4.78, 5) is 13.0. The molecule has 1 saturated heterocycles. The molecule has 0 spiro atoms. The second-order valence-electron chi connectivity index (χ2n) is 5.29. The number of piperidine rings is 1. The van der Waals surface area contributed by atoms with Crippen molar-refractivity contribution in [3.05, 3.63) is 35.1 Å². The third-order valence-electron chi connectivity index (χ3n) is 3.78. The largest absolute Gasteiger partial charge is 0.478 e. The zero-order valence-corrected chi connectivity index (χ0v) is 11.6. The van der Waals surface area contributed by atoms with Crippen molar-refractivity contribution in [2.75, 3.05) is 26.8 Å². The number of carboxylic acids is 1. The summed E-state index contributed by atoms with van der Waals surface area (Å²) in [6.45, 7) is 3.40. The summed E-state index contributed by atoms with van der Waals surface area (Å²) in [6.07, 6.45) is 2.17. The summed E-state index contributed by atoms with van der Waals surface area (Å²) in [7, 11) is 1.72. The van der Waals surface area contributed by atoms with Gasteiger partial charge in [0.15, 0.2) is 0 Å². The van der Waals surface area contributed by atoms with E-state index in [-0.39, 0.29) is 5.56 Å². The fraction of sp³-hybridized carbons (Fsp3) is 0.533. The maximum atomic E-state index is 13.6. The average Bonchev–Trinajstić information content (AvgIpc) is 2.41. The molecule has 1 aromatic carbocycles. The number of carbonyl (C=O) groups is 1. The van der Waals surface area contributed by atoms with Gasteiger partial charge in [0.1, 0.15) is 5.82 Å². The van der Waals surface area contributed by atoms with Crippen LogP contribution < -0.4 is 0 Å². The molecule has 0 amide bonds. The van der Waals surface area contributed by atoms with E-state index in [1.165, 1.54) is 12.1 Å². The Labute approximate surface area is 118 Å². The van der Waals surface area contributed by atoms with Crippen LogP contribution in [0, 0.1) is 11.7 Å². The Balaban J connectivity index is 1.91. The van der Waals surface area contributed by atoms with Crippen LogP contribution in [-0.2, 0) is 11.3 Å². The molecule has 0 aliphatic carbocycles. The summed E-state index contributed by atoms with van der Waals surface area (Å²) >= 11 is 0. The third kappa shape index (κ3) is 3.77. The Hall–Kier alpha value is -1.46. The number of halogens is 1. The molecule has 0 bridgehead atoms. The van der Waals surface area contributed by atoms with Gasteiger partial charge in [0.25, 0.3) is 0 Å². The minimum Gasteiger partial charge on any atom is -0.478 e. The SMILES string of the molecule is COCC1CCN(Cc2ccc(C(=O)O)c(F)c2)CC1. The monoisotopic (exact) mass is 281 g/mol. The maximum absolute atomic E-state index is 13.6. The van der Waals surface area contributed by atoms with Crippen molar-refractivity contribution < 1.29 is 19.0 Å². The Kier molecular flexibility index (Phi) is 5.09. The molecule has 0 saturated carbocycles. The molecule has 1 aliphatic rings. The highest BCUT2D eigenvalue weighted by Gasteiger charge is 2.19. The van der Waals surface area contributed by atoms with Gasteiger partial charge < -0.3 is 9.84 Å². The summed E-state index contributed by atoms with van der Waals surface area (Å²) in [6, 6.07) is 4.35. The number of benzene rings is 1. The molecular formula is C15H20FNO3. The van der Waals surface area contributed by atoms with Crippen LogP contribution in [0.2, 0.25) is 0 Å². The van der Waals surface area contributed by atoms with Crippen molar-refractivity contribution in [3.63, 3.8) is 0 Å². The normalized spacial score (nSPS) is 17.3. The molecule has 5 heteroatoms. The Bertz CT molecular complexity index is 470. The topological polar surface area (TPSA) is 49.8 Å². The van der Waals surface area contributed by atoms with Gasteiger partial charge in [-0.05, 0) is 49.5 Å². The molecule has 2 rings (SSSR count). The quantitative estimate of drug-likeness (QED) is 0.900. The summed E-state index contributed by atoms with van der Waals surface area (Å²) in [5, 5.41) is 8.80. The predicted molar refractivity (Wildman–Crippen MR) is 73.2 cm³/mol. The molecule has 0 aromatic heterocycles. The smallest absolute Gasteiger partial charge is 0.338 e. The Morgan fingerprint density at radius 3 is 2.70 bits per heavy atom. The second-order valence-corrected chi connectivity index (χ2v) is 5.29. The molecule has 20 heavy (non-hydrogen) atoms. The van der Waals surface area contributed by atoms with E-state index in [0.717, 1.165) is 38.1 Å². The van der Waals surface area contributed by atoms with Gasteiger partial charge in [-0.3, -0.25) is 4.90 Å². The van der Waals surface area contributed by atoms with Crippen LogP contribution in [0.5, 0.6) is 0 Å². The third-order valence-corrected chi connectivity index (χ3v) is 3.78. The number of likely N-dealkylation sites (tertiary alicyclic amines) is 1. The van der Waals surface area contributed by atoms with Gasteiger partial charge >= 0.3 is 5.97 Å². The lowest BCUT2D eigenvalue weighted by Crippen LogP contribution is -2.34. The maximum Gasteiger partial charge on any atom is 0.338 e. The van der Waals surface area contributed by atoms with Gasteiger partial charge in [-0.25, -0.2) is 9.18 Å². The molecule has 1 aliphatic heterocycles. The molecule has 1 heterocycles. The first-order valence-electron chi connectivity index (χ1n) is 6.83. The second kappa shape index (κ2) is 6.81. The molecule has 110 valence electrons. The van der Waals surface area contributed by atoms with Gasteiger partial charge in [-0.15, -0.1) is 0 Å². The summed E-state index contributed by atoms with van der Waals surface area (Å²) < 4.78 is 18.8. The van der Waals surface area contributed by atoms with Crippen molar-refractivity contribution in [1.82, 2.24) is 4.90 Å². The zero-order valence-electron chi connectivity index (χ0n) is 11.6. The van der Waals surface area contributed by atoms with Crippen molar-refractivity contribution in [1.29, 1.82) is 0 Å². The number of hydrogen-bond donors (Lipinski definition) is 1. The Morgan fingerprint density at radius 2 is 2.15 bits per heavy atom. The van der Waals surface area contributed by atoms with Gasteiger partial charge in [0.05, 0.1) is 5.56 Å². The van der Waals surface area contributed by atoms with E-state index < -0.39 is 11.8 Å². The van der Waals surface area contributed by atoms with Crippen LogP contribution >= 0.6 is 0 Å². The highest BCUT2D eigenvalue weighted by atomic mass is 19.1. The van der Waals surface area contributed by atoms with Crippen LogP contribution in [0.25, 0.3) is 0 Å². The molecule has 1 aromatic rings. The van der Waals surface area contributed by atoms with Gasteiger partial charge in [0.2, 0.25) is 0 Å². The number of ether oxygens (including phenoxy) is 1. The number of hydrogen-bond acceptors (Lipinski definition) is 3. The predicted octanol–water partition coefficient (Wildman–Crippen LogP) is 2.38. The zero-order chi connectivity index (χ0) is 14.5. The van der Waals surface area contributed by atoms with E-state index >= 15 is 0 Å². The summed E-state index contributed by atoms with van der Waals surface area (Å²) in [5.41, 5.74) is 0.547. The molecule has 0 atom stereocenters. The molecule has 0 unspecified atom stereocenters. The minimum absolute atomic E-state index is 0.271. The van der Waals surface area contributed by atoms with E-state index in [4.69, 9.17) is 9.84 Å². The van der Waals surface area contributed by atoms with Crippen molar-refractivity contribution in [2.45, 2.75) is 19.4 Å². The minimum atomic E-state index is -1.23. The molecule has 1 fully saturated rings. The Morgan fingerprint density at radius 1 is 1.45 bits per heavy atom. The van der Waals surface area contributed by atoms with Gasteiger partial charge in [-0.2, -0.15) is 0 Å². The highest BCUT2D eigenvalue weighted by Crippen LogP contribution is 2.20. The van der Waals surface area contributed by atoms with E-state index in [0.29, 0.717) is 12.5 Å². The molecular weight excluding hydrogens is 261 g/mol. The van der Waals surface area contributed by atoms with Crippen LogP contribution in [0.4, 0.5) is 4.39 Å². The van der Waals surface area contributed by atoms with Gasteiger partial charge in [0, 0.05) is 20.3 Å². The first kappa shape index (κ1) is 14.9. The van der Waals surface area contributed by atoms with E-state index in [2.05, 4.69) is 4.90 Å². The van der Waals surface area contributed by atoms with Crippen LogP contribution in [0.1, 0.15) is 28.8 Å². The fourth-order valence-electron chi connectivity index (χ4n) is 2.64. The number of aromatic carboxylic acids is 1. The van der Waals surface area contributed by atoms with Crippen LogP contribution in [-0.4, -0.2) is 42.8 Å². The first-order valence-corrected chi connectivity index (χ1v) is 6.83. The fourth-order valence-corrected chi connectivity index (χ4v) is 2.64. The van der Waals surface area contributed by atoms with Crippen LogP contribution in [0.15, 0.2) is 18.2 Å². The number of carboxylic acid groups (broad SMARTS) is 1. The molecule has 1 N–H and O–H groups in total. The lowest BCUT2D eigenvalue weighted by atomic mass is 9.97. The van der Waals surface area contributed by atoms with E-state index in [9.17, 15) is 9.18 Å². The van der Waals surface area contributed by atoms with Crippen molar-refractivity contribution in [3.8, 4) is 0 Å². The average molecular weight is 281 g/mol. The van der Waals surface area contributed by atoms with Crippen molar-refractivity contribution in [2.24, 2.45) is 5.92 Å². The standard InChI is InChI=1S/C15H20FNO3/c1-20-10-11-4-6-17(7-5-11)9-12-2-3-13(15(18)19)14(16)8-12/h2-3,8,11H,4-7,9-10H2,1H3,(H,18,19). The van der Waals surface area contributed by atoms with Gasteiger partial charge in [-0.1, -0.05) is 6.07 Å².